The van der Waals surface area contributed by atoms with E-state index >= 15 is 0 Å². The number of nitro groups is 1. The van der Waals surface area contributed by atoms with Gasteiger partial charge >= 0.3 is 0 Å². The van der Waals surface area contributed by atoms with Gasteiger partial charge in [0, 0.05) is 12.1 Å². The minimum absolute atomic E-state index is 0.0233. The molecule has 7 heteroatoms. The van der Waals surface area contributed by atoms with Gasteiger partial charge in [0.25, 0.3) is 11.6 Å². The molecule has 0 atom stereocenters. The van der Waals surface area contributed by atoms with Crippen molar-refractivity contribution in [3.8, 4) is 11.5 Å². The molecule has 0 bridgehead atoms. The van der Waals surface area contributed by atoms with Gasteiger partial charge in [-0.1, -0.05) is 32.9 Å². The number of carbonyl (C=O) groups is 1. The maximum absolute atomic E-state index is 11.9. The summed E-state index contributed by atoms with van der Waals surface area (Å²) in [5.74, 6) is -0.254. The number of aromatic hydroxyl groups is 1. The van der Waals surface area contributed by atoms with Crippen molar-refractivity contribution in [2.24, 2.45) is 0 Å². The largest absolute Gasteiger partial charge is 0.506 e. The zero-order chi connectivity index (χ0) is 18.6. The fourth-order valence-corrected chi connectivity index (χ4v) is 2.12. The number of hydrogen-bond donors (Lipinski definition) is 2. The molecule has 1 amide bonds. The number of nitrogens with zero attached hydrogens (tertiary/aromatic N) is 1. The Kier molecular flexibility index (Phi) is 5.26. The third-order valence-corrected chi connectivity index (χ3v) is 3.56. The molecule has 2 aromatic carbocycles. The Hall–Kier alpha value is -3.09. The summed E-state index contributed by atoms with van der Waals surface area (Å²) < 4.78 is 5.40. The first-order valence-corrected chi connectivity index (χ1v) is 7.67. The standard InChI is InChI=1S/C18H20N2O5/c1-18(2,3)12-4-7-14(8-5-12)25-11-17(22)19-15-10-13(20(23)24)6-9-16(15)21/h4-10,21H,11H2,1-3H3,(H,19,22). The zero-order valence-electron chi connectivity index (χ0n) is 14.3. The van der Waals surface area contributed by atoms with Crippen LogP contribution in [0.4, 0.5) is 11.4 Å². The number of non-ortho nitro benzene ring substituents is 1. The van der Waals surface area contributed by atoms with Crippen LogP contribution in [0.2, 0.25) is 0 Å². The third-order valence-electron chi connectivity index (χ3n) is 3.56. The number of nitro benzene ring substituents is 1. The number of carbonyl (C=O) groups excluding carboxylic acids is 1. The molecule has 2 rings (SSSR count). The first-order valence-electron chi connectivity index (χ1n) is 7.67. The molecule has 0 saturated heterocycles. The number of ether oxygens (including phenoxy) is 1. The molecule has 25 heavy (non-hydrogen) atoms. The molecular weight excluding hydrogens is 324 g/mol. The predicted octanol–water partition coefficient (Wildman–Crippen LogP) is 3.62. The van der Waals surface area contributed by atoms with E-state index in [0.717, 1.165) is 23.8 Å². The minimum atomic E-state index is -0.609. The Morgan fingerprint density at radius 3 is 2.40 bits per heavy atom. The van der Waals surface area contributed by atoms with Gasteiger partial charge in [0.05, 0.1) is 10.6 Å². The van der Waals surface area contributed by atoms with Crippen LogP contribution in [0, 0.1) is 10.1 Å². The van der Waals surface area contributed by atoms with E-state index in [1.54, 1.807) is 12.1 Å². The molecule has 2 aromatic rings. The minimum Gasteiger partial charge on any atom is -0.506 e. The molecule has 0 aromatic heterocycles. The lowest BCUT2D eigenvalue weighted by Crippen LogP contribution is -2.20. The van der Waals surface area contributed by atoms with Gasteiger partial charge in [0.2, 0.25) is 0 Å². The molecule has 0 aliphatic heterocycles. The van der Waals surface area contributed by atoms with Crippen LogP contribution in [0.25, 0.3) is 0 Å². The lowest BCUT2D eigenvalue weighted by Gasteiger charge is -2.19. The van der Waals surface area contributed by atoms with Crippen molar-refractivity contribution in [1.29, 1.82) is 0 Å². The summed E-state index contributed by atoms with van der Waals surface area (Å²) in [7, 11) is 0. The van der Waals surface area contributed by atoms with Crippen molar-refractivity contribution in [2.75, 3.05) is 11.9 Å². The Balaban J connectivity index is 1.97. The topological polar surface area (TPSA) is 102 Å². The van der Waals surface area contributed by atoms with Gasteiger partial charge < -0.3 is 15.2 Å². The van der Waals surface area contributed by atoms with Crippen molar-refractivity contribution in [3.05, 3.63) is 58.1 Å². The van der Waals surface area contributed by atoms with E-state index in [9.17, 15) is 20.0 Å². The van der Waals surface area contributed by atoms with E-state index in [1.807, 2.05) is 12.1 Å². The van der Waals surface area contributed by atoms with E-state index in [4.69, 9.17) is 4.74 Å². The molecule has 0 radical (unpaired) electrons. The van der Waals surface area contributed by atoms with Gasteiger partial charge in [0.15, 0.2) is 6.61 Å². The van der Waals surface area contributed by atoms with Crippen molar-refractivity contribution in [1.82, 2.24) is 0 Å². The highest BCUT2D eigenvalue weighted by atomic mass is 16.6. The number of benzene rings is 2. The number of phenols is 1. The van der Waals surface area contributed by atoms with E-state index < -0.39 is 10.8 Å². The van der Waals surface area contributed by atoms with Gasteiger partial charge in [-0.05, 0) is 29.2 Å². The monoisotopic (exact) mass is 344 g/mol. The number of anilines is 1. The summed E-state index contributed by atoms with van der Waals surface area (Å²) in [5.41, 5.74) is 0.902. The average molecular weight is 344 g/mol. The lowest BCUT2D eigenvalue weighted by atomic mass is 9.87. The van der Waals surface area contributed by atoms with E-state index in [1.165, 1.54) is 0 Å². The summed E-state index contributed by atoms with van der Waals surface area (Å²) in [6.45, 7) is 6.02. The van der Waals surface area contributed by atoms with Crippen molar-refractivity contribution >= 4 is 17.3 Å². The van der Waals surface area contributed by atoms with Crippen LogP contribution in [-0.2, 0) is 10.2 Å². The second-order valence-corrected chi connectivity index (χ2v) is 6.57. The Morgan fingerprint density at radius 2 is 1.84 bits per heavy atom. The molecule has 0 fully saturated rings. The molecule has 132 valence electrons. The second kappa shape index (κ2) is 7.21. The number of amides is 1. The zero-order valence-corrected chi connectivity index (χ0v) is 14.3. The first-order chi connectivity index (χ1) is 11.7. The van der Waals surface area contributed by atoms with E-state index in [0.29, 0.717) is 5.75 Å². The van der Waals surface area contributed by atoms with Crippen molar-refractivity contribution in [3.63, 3.8) is 0 Å². The van der Waals surface area contributed by atoms with Crippen LogP contribution >= 0.6 is 0 Å². The lowest BCUT2D eigenvalue weighted by molar-refractivity contribution is -0.384. The smallest absolute Gasteiger partial charge is 0.271 e. The molecule has 0 spiro atoms. The highest BCUT2D eigenvalue weighted by Gasteiger charge is 2.14. The maximum atomic E-state index is 11.9. The summed E-state index contributed by atoms with van der Waals surface area (Å²) in [4.78, 5) is 22.1. The summed E-state index contributed by atoms with van der Waals surface area (Å²) >= 11 is 0. The first kappa shape index (κ1) is 18.3. The quantitative estimate of drug-likeness (QED) is 0.490. The van der Waals surface area contributed by atoms with Gasteiger partial charge in [-0.25, -0.2) is 0 Å². The van der Waals surface area contributed by atoms with E-state index in [2.05, 4.69) is 26.1 Å². The summed E-state index contributed by atoms with van der Waals surface area (Å²) in [6, 6.07) is 10.8. The molecule has 0 heterocycles. The normalized spacial score (nSPS) is 11.0. The average Bonchev–Trinajstić information content (AvgIpc) is 2.54. The summed E-state index contributed by atoms with van der Waals surface area (Å²) in [6.07, 6.45) is 0. The number of phenolic OH excluding ortho intramolecular Hbond substituents is 1. The predicted molar refractivity (Wildman–Crippen MR) is 94.0 cm³/mol. The molecule has 0 unspecified atom stereocenters. The van der Waals surface area contributed by atoms with E-state index in [-0.39, 0.29) is 29.1 Å². The van der Waals surface area contributed by atoms with Crippen LogP contribution in [0.15, 0.2) is 42.5 Å². The fourth-order valence-electron chi connectivity index (χ4n) is 2.12. The summed E-state index contributed by atoms with van der Waals surface area (Å²) in [5, 5.41) is 22.8. The second-order valence-electron chi connectivity index (χ2n) is 6.57. The van der Waals surface area contributed by atoms with Crippen LogP contribution in [0.5, 0.6) is 11.5 Å². The van der Waals surface area contributed by atoms with Crippen LogP contribution in [0.1, 0.15) is 26.3 Å². The van der Waals surface area contributed by atoms with Gasteiger partial charge in [-0.3, -0.25) is 14.9 Å². The number of nitrogens with one attached hydrogen (secondary N) is 1. The number of rotatable bonds is 5. The van der Waals surface area contributed by atoms with Gasteiger partial charge in [-0.2, -0.15) is 0 Å². The van der Waals surface area contributed by atoms with Gasteiger partial charge in [-0.15, -0.1) is 0 Å². The Labute approximate surface area is 145 Å². The highest BCUT2D eigenvalue weighted by molar-refractivity contribution is 5.93. The van der Waals surface area contributed by atoms with Crippen molar-refractivity contribution in [2.45, 2.75) is 26.2 Å². The molecule has 7 nitrogen and oxygen atoms in total. The SMILES string of the molecule is CC(C)(C)c1ccc(OCC(=O)Nc2cc([N+](=O)[O-])ccc2O)cc1. The molecule has 2 N–H and O–H groups in total. The van der Waals surface area contributed by atoms with Crippen LogP contribution in [-0.4, -0.2) is 22.5 Å². The Bertz CT molecular complexity index is 779. The van der Waals surface area contributed by atoms with Crippen molar-refractivity contribution < 1.29 is 19.6 Å². The number of hydrogen-bond acceptors (Lipinski definition) is 5. The van der Waals surface area contributed by atoms with Crippen LogP contribution < -0.4 is 10.1 Å². The molecular formula is C18H20N2O5. The maximum Gasteiger partial charge on any atom is 0.271 e. The third kappa shape index (κ3) is 4.94. The molecule has 0 aliphatic carbocycles. The molecule has 0 aliphatic rings. The van der Waals surface area contributed by atoms with Gasteiger partial charge in [0.1, 0.15) is 11.5 Å². The Morgan fingerprint density at radius 1 is 1.20 bits per heavy atom. The highest BCUT2D eigenvalue weighted by Crippen LogP contribution is 2.28. The fraction of sp³-hybridized carbons (Fsp3) is 0.278. The molecule has 0 saturated carbocycles. The van der Waals surface area contributed by atoms with Crippen LogP contribution in [0.3, 0.4) is 0 Å².